The monoisotopic (exact) mass is 463 g/mol. The van der Waals surface area contributed by atoms with Crippen LogP contribution in [0.3, 0.4) is 0 Å². The zero-order valence-electron chi connectivity index (χ0n) is 21.3. The molecular weight excluding hydrogens is 422 g/mol. The van der Waals surface area contributed by atoms with E-state index in [4.69, 9.17) is 4.74 Å². The number of likely N-dealkylation sites (tertiary alicyclic amines) is 1. The maximum absolute atomic E-state index is 12.4. The fraction of sp³-hybridized carbons (Fsp3) is 0.760. The first kappa shape index (κ1) is 28.6. The Morgan fingerprint density at radius 1 is 1.12 bits per heavy atom. The third-order valence-electron chi connectivity index (χ3n) is 5.85. The summed E-state index contributed by atoms with van der Waals surface area (Å²) in [6.45, 7) is 14.1. The van der Waals surface area contributed by atoms with Crippen LogP contribution in [0.15, 0.2) is 0 Å². The van der Waals surface area contributed by atoms with Crippen molar-refractivity contribution < 1.29 is 23.9 Å². The van der Waals surface area contributed by atoms with Crippen LogP contribution in [0.4, 0.5) is 0 Å². The second-order valence-electron chi connectivity index (χ2n) is 10.2. The highest BCUT2D eigenvalue weighted by Crippen LogP contribution is 2.26. The summed E-state index contributed by atoms with van der Waals surface area (Å²) >= 11 is 0. The smallest absolute Gasteiger partial charge is 0.233 e. The van der Waals surface area contributed by atoms with Gasteiger partial charge in [0.25, 0.3) is 0 Å². The van der Waals surface area contributed by atoms with Crippen LogP contribution in [0.1, 0.15) is 80.6 Å². The van der Waals surface area contributed by atoms with Gasteiger partial charge in [0.15, 0.2) is 0 Å². The highest BCUT2D eigenvalue weighted by Gasteiger charge is 2.40. The van der Waals surface area contributed by atoms with Gasteiger partial charge in [-0.05, 0) is 53.4 Å². The van der Waals surface area contributed by atoms with E-state index in [1.807, 2.05) is 41.5 Å². The van der Waals surface area contributed by atoms with Gasteiger partial charge in [0.05, 0.1) is 12.1 Å². The molecule has 33 heavy (non-hydrogen) atoms. The molecule has 1 unspecified atom stereocenters. The van der Waals surface area contributed by atoms with E-state index in [1.54, 1.807) is 6.92 Å². The lowest BCUT2D eigenvalue weighted by Gasteiger charge is -2.30. The van der Waals surface area contributed by atoms with Crippen molar-refractivity contribution in [3.8, 4) is 11.8 Å². The molecule has 1 saturated heterocycles. The number of carbonyl (C=O) groups is 4. The molecular formula is C25H41N3O5. The van der Waals surface area contributed by atoms with E-state index < -0.39 is 11.1 Å². The molecule has 8 heteroatoms. The molecule has 1 fully saturated rings. The molecule has 0 spiro atoms. The Balaban J connectivity index is 2.38. The first-order chi connectivity index (χ1) is 15.3. The number of carbonyl (C=O) groups excluding carboxylic acids is 4. The Morgan fingerprint density at radius 3 is 2.36 bits per heavy atom. The highest BCUT2D eigenvalue weighted by molar-refractivity contribution is 6.03. The summed E-state index contributed by atoms with van der Waals surface area (Å²) in [5.74, 6) is 4.70. The number of imide groups is 1. The lowest BCUT2D eigenvalue weighted by molar-refractivity contribution is -0.140. The van der Waals surface area contributed by atoms with Gasteiger partial charge in [-0.3, -0.25) is 24.1 Å². The molecule has 0 radical (unpaired) electrons. The predicted octanol–water partition coefficient (Wildman–Crippen LogP) is 2.41. The minimum absolute atomic E-state index is 0.0586. The summed E-state index contributed by atoms with van der Waals surface area (Å²) in [6, 6.07) is 0. The molecule has 0 aromatic rings. The van der Waals surface area contributed by atoms with Gasteiger partial charge in [-0.15, -0.1) is 5.92 Å². The van der Waals surface area contributed by atoms with Gasteiger partial charge in [0.1, 0.15) is 0 Å². The minimum atomic E-state index is -0.511. The van der Waals surface area contributed by atoms with Gasteiger partial charge in [0.2, 0.25) is 23.6 Å². The maximum Gasteiger partial charge on any atom is 0.233 e. The molecule has 1 rings (SSSR count). The molecule has 1 aliphatic rings. The Kier molecular flexibility index (Phi) is 11.1. The second-order valence-corrected chi connectivity index (χ2v) is 10.2. The van der Waals surface area contributed by atoms with Crippen LogP contribution in [-0.2, 0) is 23.9 Å². The molecule has 2 N–H and O–H groups in total. The number of nitrogens with zero attached hydrogens (tertiary/aromatic N) is 1. The van der Waals surface area contributed by atoms with E-state index >= 15 is 0 Å². The Labute approximate surface area is 198 Å². The summed E-state index contributed by atoms with van der Waals surface area (Å²) in [6.07, 6.45) is 1.81. The predicted molar refractivity (Wildman–Crippen MR) is 127 cm³/mol. The fourth-order valence-electron chi connectivity index (χ4n) is 3.57. The zero-order valence-corrected chi connectivity index (χ0v) is 21.3. The van der Waals surface area contributed by atoms with Gasteiger partial charge in [-0.1, -0.05) is 19.8 Å². The third kappa shape index (κ3) is 10.4. The van der Waals surface area contributed by atoms with Crippen LogP contribution < -0.4 is 10.6 Å². The number of amides is 4. The molecule has 0 bridgehead atoms. The van der Waals surface area contributed by atoms with Crippen molar-refractivity contribution in [1.82, 2.24) is 15.5 Å². The summed E-state index contributed by atoms with van der Waals surface area (Å²) < 4.78 is 5.97. The van der Waals surface area contributed by atoms with Crippen LogP contribution in [0.2, 0.25) is 0 Å². The standard InChI is InChI=1S/C25H41N3O5/c1-8-9-14-26-20(29)10-12-25(6,7)33-16-13-24(4,5)27-21(30)11-15-28-22(31)17-19(18(2)3)23(28)32/h18-19H,10-17H2,1-7H3,(H,26,29)(H,27,30). The van der Waals surface area contributed by atoms with E-state index in [0.717, 1.165) is 0 Å². The van der Waals surface area contributed by atoms with Crippen molar-refractivity contribution in [1.29, 1.82) is 0 Å². The molecule has 0 aromatic heterocycles. The van der Waals surface area contributed by atoms with Crippen molar-refractivity contribution in [2.75, 3.05) is 19.7 Å². The number of nitrogens with one attached hydrogen (secondary N) is 2. The molecule has 8 nitrogen and oxygen atoms in total. The summed E-state index contributed by atoms with van der Waals surface area (Å²) in [5, 5.41) is 5.71. The average Bonchev–Trinajstić information content (AvgIpc) is 2.98. The van der Waals surface area contributed by atoms with Crippen molar-refractivity contribution in [2.45, 2.75) is 91.7 Å². The number of ether oxygens (including phenoxy) is 1. The number of hydrogen-bond donors (Lipinski definition) is 2. The number of rotatable bonds is 13. The van der Waals surface area contributed by atoms with Crippen molar-refractivity contribution >= 4 is 23.6 Å². The average molecular weight is 464 g/mol. The van der Waals surface area contributed by atoms with Crippen molar-refractivity contribution in [2.24, 2.45) is 11.8 Å². The molecule has 186 valence electrons. The Hall–Kier alpha value is -2.40. The SMILES string of the molecule is CC#CCNC(=O)CCC(C)(C)OCCC(C)(C)NC(=O)CCN1C(=O)CC(C(C)C)C1=O. The maximum atomic E-state index is 12.4. The van der Waals surface area contributed by atoms with E-state index in [-0.39, 0.29) is 54.9 Å². The van der Waals surface area contributed by atoms with Gasteiger partial charge >= 0.3 is 0 Å². The molecule has 0 saturated carbocycles. The second kappa shape index (κ2) is 12.7. The third-order valence-corrected chi connectivity index (χ3v) is 5.85. The van der Waals surface area contributed by atoms with Crippen LogP contribution in [0, 0.1) is 23.7 Å². The lowest BCUT2D eigenvalue weighted by Crippen LogP contribution is -2.46. The van der Waals surface area contributed by atoms with Gasteiger partial charge in [-0.25, -0.2) is 0 Å². The fourth-order valence-corrected chi connectivity index (χ4v) is 3.57. The van der Waals surface area contributed by atoms with Crippen molar-refractivity contribution in [3.05, 3.63) is 0 Å². The van der Waals surface area contributed by atoms with E-state index in [9.17, 15) is 19.2 Å². The van der Waals surface area contributed by atoms with Crippen LogP contribution >= 0.6 is 0 Å². The first-order valence-electron chi connectivity index (χ1n) is 11.7. The van der Waals surface area contributed by atoms with Crippen LogP contribution in [-0.4, -0.2) is 59.4 Å². The molecule has 4 amide bonds. The lowest BCUT2D eigenvalue weighted by atomic mass is 9.94. The van der Waals surface area contributed by atoms with Crippen molar-refractivity contribution in [3.63, 3.8) is 0 Å². The molecule has 1 atom stereocenters. The summed E-state index contributed by atoms with van der Waals surface area (Å²) in [4.78, 5) is 50.0. The van der Waals surface area contributed by atoms with E-state index in [1.165, 1.54) is 4.90 Å². The Morgan fingerprint density at radius 2 is 1.79 bits per heavy atom. The Bertz CT molecular complexity index is 777. The van der Waals surface area contributed by atoms with E-state index in [2.05, 4.69) is 22.5 Å². The highest BCUT2D eigenvalue weighted by atomic mass is 16.5. The van der Waals surface area contributed by atoms with Gasteiger partial charge in [0, 0.05) is 43.9 Å². The largest absolute Gasteiger partial charge is 0.375 e. The summed E-state index contributed by atoms with van der Waals surface area (Å²) in [7, 11) is 0. The first-order valence-corrected chi connectivity index (χ1v) is 11.7. The van der Waals surface area contributed by atoms with Crippen LogP contribution in [0.5, 0.6) is 0 Å². The molecule has 0 aromatic carbocycles. The number of hydrogen-bond acceptors (Lipinski definition) is 5. The minimum Gasteiger partial charge on any atom is -0.375 e. The molecule has 1 aliphatic heterocycles. The normalized spacial score (nSPS) is 16.6. The van der Waals surface area contributed by atoms with Gasteiger partial charge < -0.3 is 15.4 Å². The molecule has 1 heterocycles. The molecule has 0 aliphatic carbocycles. The topological polar surface area (TPSA) is 105 Å². The van der Waals surface area contributed by atoms with Crippen LogP contribution in [0.25, 0.3) is 0 Å². The van der Waals surface area contributed by atoms with Gasteiger partial charge in [-0.2, -0.15) is 0 Å². The zero-order chi connectivity index (χ0) is 25.2. The summed E-state index contributed by atoms with van der Waals surface area (Å²) in [5.41, 5.74) is -0.986. The quantitative estimate of drug-likeness (QED) is 0.322. The van der Waals surface area contributed by atoms with E-state index in [0.29, 0.717) is 32.4 Å².